The Morgan fingerprint density at radius 1 is 1.00 bits per heavy atom. The molecule has 7 heteroatoms. The second-order valence-corrected chi connectivity index (χ2v) is 6.26. The Balaban J connectivity index is 1.75. The first-order chi connectivity index (χ1) is 12.9. The zero-order valence-electron chi connectivity index (χ0n) is 16.1. The molecule has 0 saturated heterocycles. The molecule has 2 aromatic carbocycles. The molecule has 3 amide bonds. The van der Waals surface area contributed by atoms with Gasteiger partial charge in [-0.05, 0) is 55.0 Å². The summed E-state index contributed by atoms with van der Waals surface area (Å²) in [6, 6.07) is 12.3. The molecule has 2 aromatic rings. The molecule has 3 N–H and O–H groups in total. The number of ether oxygens (including phenoxy) is 1. The lowest BCUT2D eigenvalue weighted by Crippen LogP contribution is -2.36. The summed E-state index contributed by atoms with van der Waals surface area (Å²) in [5.41, 5.74) is 3.33. The van der Waals surface area contributed by atoms with Gasteiger partial charge in [0, 0.05) is 44.1 Å². The molecule has 0 saturated carbocycles. The Labute approximate surface area is 159 Å². The summed E-state index contributed by atoms with van der Waals surface area (Å²) in [7, 11) is 5.51. The highest BCUT2D eigenvalue weighted by Gasteiger charge is 2.07. The number of nitrogens with one attached hydrogen (secondary N) is 3. The smallest absolute Gasteiger partial charge is 0.319 e. The molecule has 0 aliphatic heterocycles. The third-order valence-corrected chi connectivity index (χ3v) is 4.02. The van der Waals surface area contributed by atoms with E-state index in [1.54, 1.807) is 31.4 Å². The van der Waals surface area contributed by atoms with Crippen LogP contribution in [-0.2, 0) is 0 Å². The maximum Gasteiger partial charge on any atom is 0.319 e. The van der Waals surface area contributed by atoms with Gasteiger partial charge in [0.15, 0.2) is 0 Å². The average Bonchev–Trinajstić information content (AvgIpc) is 2.66. The summed E-state index contributed by atoms with van der Waals surface area (Å²) in [5, 5.41) is 8.30. The van der Waals surface area contributed by atoms with E-state index in [9.17, 15) is 9.59 Å². The first-order valence-electron chi connectivity index (χ1n) is 8.66. The van der Waals surface area contributed by atoms with E-state index in [2.05, 4.69) is 16.0 Å². The van der Waals surface area contributed by atoms with Gasteiger partial charge in [-0.15, -0.1) is 0 Å². The van der Waals surface area contributed by atoms with Crippen LogP contribution in [0.25, 0.3) is 0 Å². The third kappa shape index (κ3) is 5.91. The summed E-state index contributed by atoms with van der Waals surface area (Å²) in [6.45, 7) is 2.59. The van der Waals surface area contributed by atoms with E-state index < -0.39 is 0 Å². The summed E-state index contributed by atoms with van der Waals surface area (Å²) in [4.78, 5) is 26.0. The van der Waals surface area contributed by atoms with Gasteiger partial charge in [0.25, 0.3) is 5.91 Å². The highest BCUT2D eigenvalue weighted by atomic mass is 16.5. The van der Waals surface area contributed by atoms with Gasteiger partial charge < -0.3 is 25.6 Å². The van der Waals surface area contributed by atoms with Gasteiger partial charge in [-0.2, -0.15) is 0 Å². The first kappa shape index (κ1) is 20.1. The van der Waals surface area contributed by atoms with Crippen LogP contribution in [0.3, 0.4) is 0 Å². The number of amides is 3. The van der Waals surface area contributed by atoms with Crippen molar-refractivity contribution < 1.29 is 14.3 Å². The minimum absolute atomic E-state index is 0.199. The van der Waals surface area contributed by atoms with E-state index in [0.717, 1.165) is 16.9 Å². The molecule has 0 spiro atoms. The molecule has 0 heterocycles. The van der Waals surface area contributed by atoms with Gasteiger partial charge in [-0.1, -0.05) is 0 Å². The molecule has 7 nitrogen and oxygen atoms in total. The van der Waals surface area contributed by atoms with E-state index in [-0.39, 0.29) is 11.9 Å². The molecule has 0 aliphatic rings. The number of aryl methyl sites for hydroxylation is 1. The van der Waals surface area contributed by atoms with Gasteiger partial charge in [-0.3, -0.25) is 4.79 Å². The van der Waals surface area contributed by atoms with Crippen LogP contribution in [0.15, 0.2) is 42.5 Å². The topological polar surface area (TPSA) is 82.7 Å². The second kappa shape index (κ2) is 9.47. The number of anilines is 2. The molecular formula is C20H26N4O3. The number of carbonyl (C=O) groups is 2. The van der Waals surface area contributed by atoms with Crippen molar-refractivity contribution in [2.75, 3.05) is 44.5 Å². The number of benzene rings is 2. The number of carbonyl (C=O) groups excluding carboxylic acids is 2. The molecule has 0 fully saturated rings. The molecule has 2 rings (SSSR count). The summed E-state index contributed by atoms with van der Waals surface area (Å²) in [5.74, 6) is 0.494. The van der Waals surface area contributed by atoms with E-state index in [4.69, 9.17) is 4.74 Å². The molecule has 27 heavy (non-hydrogen) atoms. The van der Waals surface area contributed by atoms with Crippen LogP contribution in [0.4, 0.5) is 16.2 Å². The Kier molecular flexibility index (Phi) is 7.05. The van der Waals surface area contributed by atoms with Crippen LogP contribution in [0.5, 0.6) is 5.75 Å². The van der Waals surface area contributed by atoms with Crippen molar-refractivity contribution in [1.82, 2.24) is 10.6 Å². The molecule has 0 aromatic heterocycles. The normalized spacial score (nSPS) is 10.1. The molecule has 0 unspecified atom stereocenters. The predicted octanol–water partition coefficient (Wildman–Crippen LogP) is 2.62. The quantitative estimate of drug-likeness (QED) is 0.655. The lowest BCUT2D eigenvalue weighted by Gasteiger charge is -2.16. The summed E-state index contributed by atoms with van der Waals surface area (Å²) in [6.07, 6.45) is 0. The number of hydrogen-bond donors (Lipinski definition) is 3. The Bertz CT molecular complexity index is 788. The molecule has 0 atom stereocenters. The van der Waals surface area contributed by atoms with Crippen LogP contribution in [0.2, 0.25) is 0 Å². The lowest BCUT2D eigenvalue weighted by atomic mass is 10.1. The van der Waals surface area contributed by atoms with Gasteiger partial charge >= 0.3 is 6.03 Å². The largest absolute Gasteiger partial charge is 0.497 e. The second-order valence-electron chi connectivity index (χ2n) is 6.26. The summed E-state index contributed by atoms with van der Waals surface area (Å²) < 4.78 is 5.06. The zero-order chi connectivity index (χ0) is 19.8. The fraction of sp³-hybridized carbons (Fsp3) is 0.300. The van der Waals surface area contributed by atoms with E-state index in [1.165, 1.54) is 0 Å². The Hall–Kier alpha value is -3.22. The van der Waals surface area contributed by atoms with Crippen LogP contribution >= 0.6 is 0 Å². The monoisotopic (exact) mass is 370 g/mol. The maximum absolute atomic E-state index is 12.0. The summed E-state index contributed by atoms with van der Waals surface area (Å²) >= 11 is 0. The minimum atomic E-state index is -0.311. The maximum atomic E-state index is 12.0. The molecule has 0 radical (unpaired) electrons. The zero-order valence-corrected chi connectivity index (χ0v) is 16.1. The van der Waals surface area contributed by atoms with E-state index >= 15 is 0 Å². The van der Waals surface area contributed by atoms with E-state index in [1.807, 2.05) is 44.1 Å². The van der Waals surface area contributed by atoms with Crippen LogP contribution < -0.4 is 25.6 Å². The van der Waals surface area contributed by atoms with Crippen molar-refractivity contribution in [2.24, 2.45) is 0 Å². The number of hydrogen-bond acceptors (Lipinski definition) is 4. The fourth-order valence-electron chi connectivity index (χ4n) is 2.43. The Morgan fingerprint density at radius 2 is 1.67 bits per heavy atom. The van der Waals surface area contributed by atoms with E-state index in [0.29, 0.717) is 24.4 Å². The SMILES string of the molecule is COc1ccc(C(=O)NCCNC(=O)Nc2ccc(N(C)C)cc2C)cc1. The Morgan fingerprint density at radius 3 is 2.26 bits per heavy atom. The molecule has 0 bridgehead atoms. The van der Waals surface area contributed by atoms with Gasteiger partial charge in [0.1, 0.15) is 5.75 Å². The number of nitrogens with zero attached hydrogens (tertiary/aromatic N) is 1. The standard InChI is InChI=1S/C20H26N4O3/c1-14-13-16(24(2)3)7-10-18(14)23-20(26)22-12-11-21-19(25)15-5-8-17(27-4)9-6-15/h5-10,13H,11-12H2,1-4H3,(H,21,25)(H2,22,23,26). The molecular weight excluding hydrogens is 344 g/mol. The number of urea groups is 1. The molecule has 0 aliphatic carbocycles. The van der Waals surface area contributed by atoms with Crippen molar-refractivity contribution in [1.29, 1.82) is 0 Å². The highest BCUT2D eigenvalue weighted by Crippen LogP contribution is 2.21. The first-order valence-corrected chi connectivity index (χ1v) is 8.66. The van der Waals surface area contributed by atoms with Crippen molar-refractivity contribution in [3.63, 3.8) is 0 Å². The van der Waals surface area contributed by atoms with Gasteiger partial charge in [0.05, 0.1) is 7.11 Å². The minimum Gasteiger partial charge on any atom is -0.497 e. The number of methoxy groups -OCH3 is 1. The fourth-order valence-corrected chi connectivity index (χ4v) is 2.43. The van der Waals surface area contributed by atoms with Crippen molar-refractivity contribution in [2.45, 2.75) is 6.92 Å². The van der Waals surface area contributed by atoms with Crippen LogP contribution in [0, 0.1) is 6.92 Å². The van der Waals surface area contributed by atoms with Crippen molar-refractivity contribution in [3.05, 3.63) is 53.6 Å². The highest BCUT2D eigenvalue weighted by molar-refractivity contribution is 5.94. The average molecular weight is 370 g/mol. The van der Waals surface area contributed by atoms with Crippen LogP contribution in [-0.4, -0.2) is 46.2 Å². The van der Waals surface area contributed by atoms with Crippen molar-refractivity contribution >= 4 is 23.3 Å². The van der Waals surface area contributed by atoms with Crippen LogP contribution in [0.1, 0.15) is 15.9 Å². The van der Waals surface area contributed by atoms with Gasteiger partial charge in [-0.25, -0.2) is 4.79 Å². The third-order valence-electron chi connectivity index (χ3n) is 4.02. The van der Waals surface area contributed by atoms with Crippen molar-refractivity contribution in [3.8, 4) is 5.75 Å². The predicted molar refractivity (Wildman–Crippen MR) is 108 cm³/mol. The molecule has 144 valence electrons. The lowest BCUT2D eigenvalue weighted by molar-refractivity contribution is 0.0954. The van der Waals surface area contributed by atoms with Gasteiger partial charge in [0.2, 0.25) is 0 Å². The number of rotatable bonds is 7.